The van der Waals surface area contributed by atoms with Gasteiger partial charge in [0.1, 0.15) is 21.5 Å². The first-order valence-corrected chi connectivity index (χ1v) is 13.6. The van der Waals surface area contributed by atoms with Crippen LogP contribution in [0, 0.1) is 11.6 Å². The fourth-order valence-electron chi connectivity index (χ4n) is 4.68. The van der Waals surface area contributed by atoms with E-state index in [0.717, 1.165) is 30.8 Å². The summed E-state index contributed by atoms with van der Waals surface area (Å²) >= 11 is 0.770. The Labute approximate surface area is 245 Å². The molecule has 2 N–H and O–H groups in total. The van der Waals surface area contributed by atoms with Crippen molar-refractivity contribution in [1.29, 1.82) is 0 Å². The van der Waals surface area contributed by atoms with Gasteiger partial charge in [-0.05, 0) is 68.3 Å². The lowest BCUT2D eigenvalue weighted by Gasteiger charge is -2.40. The maximum atomic E-state index is 15.1. The molecule has 1 aliphatic heterocycles. The van der Waals surface area contributed by atoms with Crippen molar-refractivity contribution in [3.05, 3.63) is 106 Å². The summed E-state index contributed by atoms with van der Waals surface area (Å²) in [6.07, 6.45) is -9.44. The van der Waals surface area contributed by atoms with Gasteiger partial charge in [-0.1, -0.05) is 42.1 Å². The number of carbonyl (C=O) groups excluding carboxylic acids is 1. The molecule has 0 saturated carbocycles. The predicted molar refractivity (Wildman–Crippen MR) is 145 cm³/mol. The lowest BCUT2D eigenvalue weighted by molar-refractivity contribution is -0.159. The number of rotatable bonds is 8. The zero-order chi connectivity index (χ0) is 31.8. The average molecular weight is 632 g/mol. The van der Waals surface area contributed by atoms with E-state index in [-0.39, 0.29) is 24.4 Å². The molecule has 3 aromatic carbocycles. The maximum absolute atomic E-state index is 15.1. The number of amides is 1. The van der Waals surface area contributed by atoms with Gasteiger partial charge in [-0.15, -0.1) is 0 Å². The van der Waals surface area contributed by atoms with Gasteiger partial charge in [-0.25, -0.2) is 13.8 Å². The van der Waals surface area contributed by atoms with Crippen molar-refractivity contribution in [3.8, 4) is 0 Å². The number of halogens is 8. The van der Waals surface area contributed by atoms with Crippen molar-refractivity contribution in [2.75, 3.05) is 13.7 Å². The largest absolute Gasteiger partial charge is 0.416 e. The van der Waals surface area contributed by atoms with Crippen molar-refractivity contribution in [3.63, 3.8) is 0 Å². The van der Waals surface area contributed by atoms with Crippen LogP contribution in [-0.2, 0) is 32.4 Å². The molecule has 3 aromatic rings. The molecule has 14 heteroatoms. The second-order valence-corrected chi connectivity index (χ2v) is 11.1. The molecule has 0 aromatic heterocycles. The lowest BCUT2D eigenvalue weighted by Crippen LogP contribution is -2.51. The van der Waals surface area contributed by atoms with Gasteiger partial charge >= 0.3 is 12.4 Å². The third kappa shape index (κ3) is 6.13. The molecule has 0 aliphatic carbocycles. The molecule has 0 spiro atoms. The normalized spacial score (nSPS) is 18.9. The molecule has 1 unspecified atom stereocenters. The van der Waals surface area contributed by atoms with Crippen LogP contribution in [0.1, 0.15) is 47.6 Å². The van der Waals surface area contributed by atoms with Crippen LogP contribution in [0.5, 0.6) is 0 Å². The molecule has 1 aliphatic rings. The van der Waals surface area contributed by atoms with Gasteiger partial charge in [0.15, 0.2) is 5.60 Å². The molecule has 0 saturated heterocycles. The number of methoxy groups -OCH3 is 1. The Morgan fingerprint density at radius 1 is 0.930 bits per heavy atom. The summed E-state index contributed by atoms with van der Waals surface area (Å²) in [5.41, 5.74) is 0.0156. The number of hydrogen-bond donors (Lipinski definition) is 1. The smallest absolute Gasteiger partial charge is 0.364 e. The molecule has 0 radical (unpaired) electrons. The molecule has 0 bridgehead atoms. The number of ether oxygens (including phenoxy) is 1. The van der Waals surface area contributed by atoms with Crippen LogP contribution in [-0.4, -0.2) is 29.6 Å². The molecule has 1 amide bonds. The minimum Gasteiger partial charge on any atom is -0.364 e. The van der Waals surface area contributed by atoms with E-state index in [9.17, 15) is 31.1 Å². The number of nitrogens with two attached hydrogens (primary N) is 1. The highest BCUT2D eigenvalue weighted by Crippen LogP contribution is 2.52. The Bertz CT molecular complexity index is 1530. The summed E-state index contributed by atoms with van der Waals surface area (Å²) in [5.74, 6) is -3.39. The van der Waals surface area contributed by atoms with Gasteiger partial charge in [-0.2, -0.15) is 31.4 Å². The number of hydrogen-bond acceptors (Lipinski definition) is 5. The molecule has 1 heterocycles. The van der Waals surface area contributed by atoms with E-state index < -0.39 is 62.6 Å². The van der Waals surface area contributed by atoms with Gasteiger partial charge in [0.2, 0.25) is 0 Å². The van der Waals surface area contributed by atoms with E-state index in [4.69, 9.17) is 10.5 Å². The van der Waals surface area contributed by atoms with Crippen LogP contribution in [0.15, 0.2) is 71.8 Å². The van der Waals surface area contributed by atoms with Crippen LogP contribution in [0.2, 0.25) is 0 Å². The standard InChI is InChI=1S/C29H25F8N3O2S/c1-26(42-2,21-16-19(29(35,36)37)10-12-23(21)31)25(41)40-27(13-6-14-38,17-7-4-3-5-8-17)43-24(39-40)20-15-18(28(32,33)34)9-11-22(20)30/h3-5,7-12,15-16H,6,13-14,38H2,1-2H3/t26-,27?/m0/s1. The number of hydrazone groups is 1. The number of alkyl halides is 6. The van der Waals surface area contributed by atoms with E-state index in [2.05, 4.69) is 5.10 Å². The van der Waals surface area contributed by atoms with Crippen LogP contribution >= 0.6 is 11.8 Å². The van der Waals surface area contributed by atoms with Gasteiger partial charge < -0.3 is 10.5 Å². The van der Waals surface area contributed by atoms with Crippen molar-refractivity contribution in [2.24, 2.45) is 10.8 Å². The van der Waals surface area contributed by atoms with Crippen LogP contribution in [0.25, 0.3) is 0 Å². The summed E-state index contributed by atoms with van der Waals surface area (Å²) in [6.45, 7) is 1.16. The molecule has 0 fully saturated rings. The predicted octanol–water partition coefficient (Wildman–Crippen LogP) is 7.39. The third-order valence-corrected chi connectivity index (χ3v) is 8.53. The summed E-state index contributed by atoms with van der Waals surface area (Å²) in [6, 6.07) is 11.3. The second-order valence-electron chi connectivity index (χ2n) is 9.79. The fraction of sp³-hybridized carbons (Fsp3) is 0.310. The van der Waals surface area contributed by atoms with Gasteiger partial charge in [0.25, 0.3) is 5.91 Å². The van der Waals surface area contributed by atoms with Gasteiger partial charge in [0.05, 0.1) is 11.1 Å². The Balaban J connectivity index is 1.96. The van der Waals surface area contributed by atoms with Crippen molar-refractivity contribution in [2.45, 2.75) is 42.6 Å². The van der Waals surface area contributed by atoms with E-state index in [1.807, 2.05) is 0 Å². The SMILES string of the molecule is CO[C@](C)(C(=O)N1N=C(c2cc(C(F)(F)F)ccc2F)SC1(CCCN)c1ccccc1)c1cc(C(F)(F)F)ccc1F. The molecular weight excluding hydrogens is 606 g/mol. The Morgan fingerprint density at radius 2 is 1.51 bits per heavy atom. The monoisotopic (exact) mass is 631 g/mol. The van der Waals surface area contributed by atoms with Crippen LogP contribution in [0.3, 0.4) is 0 Å². The van der Waals surface area contributed by atoms with E-state index >= 15 is 8.78 Å². The zero-order valence-electron chi connectivity index (χ0n) is 22.7. The highest BCUT2D eigenvalue weighted by Gasteiger charge is 2.54. The van der Waals surface area contributed by atoms with Crippen LogP contribution in [0.4, 0.5) is 35.1 Å². The highest BCUT2D eigenvalue weighted by atomic mass is 32.2. The number of thioether (sulfide) groups is 1. The lowest BCUT2D eigenvalue weighted by atomic mass is 9.90. The Kier molecular flexibility index (Phi) is 8.96. The van der Waals surface area contributed by atoms with Crippen molar-refractivity contribution < 1.29 is 44.7 Å². The highest BCUT2D eigenvalue weighted by molar-refractivity contribution is 8.15. The number of nitrogens with zero attached hydrogens (tertiary/aromatic N) is 2. The molecule has 2 atom stereocenters. The first-order chi connectivity index (χ1) is 20.1. The van der Waals surface area contributed by atoms with Crippen LogP contribution < -0.4 is 5.73 Å². The van der Waals surface area contributed by atoms with Crippen molar-refractivity contribution in [1.82, 2.24) is 5.01 Å². The second kappa shape index (κ2) is 11.9. The van der Waals surface area contributed by atoms with Crippen molar-refractivity contribution >= 4 is 22.7 Å². The first-order valence-electron chi connectivity index (χ1n) is 12.8. The maximum Gasteiger partial charge on any atom is 0.416 e. The quantitative estimate of drug-likeness (QED) is 0.263. The molecule has 4 rings (SSSR count). The minimum atomic E-state index is -4.88. The molecule has 5 nitrogen and oxygen atoms in total. The fourth-order valence-corrected chi connectivity index (χ4v) is 6.10. The van der Waals surface area contributed by atoms with Gasteiger partial charge in [0, 0.05) is 18.2 Å². The molecule has 230 valence electrons. The summed E-state index contributed by atoms with van der Waals surface area (Å²) in [4.78, 5) is 12.8. The molecule has 43 heavy (non-hydrogen) atoms. The Morgan fingerprint density at radius 3 is 2.07 bits per heavy atom. The van der Waals surface area contributed by atoms with E-state index in [0.29, 0.717) is 42.0 Å². The first kappa shape index (κ1) is 32.4. The van der Waals surface area contributed by atoms with E-state index in [1.54, 1.807) is 30.3 Å². The molecular formula is C29H25F8N3O2S. The zero-order valence-corrected chi connectivity index (χ0v) is 23.5. The number of benzene rings is 3. The Hall–Kier alpha value is -3.49. The minimum absolute atomic E-state index is 0.0301. The average Bonchev–Trinajstić information content (AvgIpc) is 3.35. The van der Waals surface area contributed by atoms with Gasteiger partial charge in [-0.3, -0.25) is 4.79 Å². The number of carbonyl (C=O) groups is 1. The summed E-state index contributed by atoms with van der Waals surface area (Å²) < 4.78 is 117. The van der Waals surface area contributed by atoms with E-state index in [1.165, 1.54) is 0 Å². The third-order valence-electron chi connectivity index (χ3n) is 7.08. The topological polar surface area (TPSA) is 67.9 Å². The summed E-state index contributed by atoms with van der Waals surface area (Å²) in [7, 11) is 0.988. The summed E-state index contributed by atoms with van der Waals surface area (Å²) in [5, 5.41) is 4.76.